The minimum atomic E-state index is 0.104. The molecule has 0 fully saturated rings. The van der Waals surface area contributed by atoms with Crippen molar-refractivity contribution in [1.82, 2.24) is 0 Å². The molecule has 0 aliphatic heterocycles. The first-order chi connectivity index (χ1) is 9.09. The zero-order valence-corrected chi connectivity index (χ0v) is 15.7. The minimum absolute atomic E-state index is 0.104. The van der Waals surface area contributed by atoms with E-state index in [2.05, 4.69) is 57.0 Å². The molecule has 0 saturated heterocycles. The molecule has 1 aromatic carbocycles. The van der Waals surface area contributed by atoms with Gasteiger partial charge in [0.05, 0.1) is 0 Å². The maximum Gasteiger partial charge on any atom is -0.0240 e. The molecule has 0 nitrogen and oxygen atoms in total. The maximum atomic E-state index is 2.40. The molecule has 0 radical (unpaired) electrons. The van der Waals surface area contributed by atoms with E-state index >= 15 is 0 Å². The van der Waals surface area contributed by atoms with E-state index in [4.69, 9.17) is 0 Å². The number of benzene rings is 1. The molecule has 0 heterocycles. The summed E-state index contributed by atoms with van der Waals surface area (Å²) in [5.74, 6) is 0. The molecule has 0 N–H and O–H groups in total. The highest BCUT2D eigenvalue weighted by Crippen LogP contribution is 2.39. The highest BCUT2D eigenvalue weighted by Gasteiger charge is 2.10. The van der Waals surface area contributed by atoms with Crippen molar-refractivity contribution in [2.45, 2.75) is 12.8 Å². The molecule has 3 heteroatoms. The summed E-state index contributed by atoms with van der Waals surface area (Å²) in [5.41, 5.74) is 0. The van der Waals surface area contributed by atoms with Gasteiger partial charge in [0.25, 0.3) is 0 Å². The second kappa shape index (κ2) is 10.3. The molecule has 0 aliphatic rings. The molecular weight excluding hydrogens is 285 g/mol. The van der Waals surface area contributed by atoms with Crippen molar-refractivity contribution in [3.63, 3.8) is 0 Å². The van der Waals surface area contributed by atoms with Crippen molar-refractivity contribution in [3.05, 3.63) is 30.3 Å². The van der Waals surface area contributed by atoms with Crippen LogP contribution in [-0.2, 0) is 0 Å². The second-order valence-electron chi connectivity index (χ2n) is 5.64. The van der Waals surface area contributed by atoms with Crippen LogP contribution in [0.1, 0.15) is 12.8 Å². The quantitative estimate of drug-likeness (QED) is 0.559. The fourth-order valence-corrected chi connectivity index (χ4v) is 6.66. The molecule has 0 atom stereocenters. The molecular formula is C16H29P3. The van der Waals surface area contributed by atoms with Crippen molar-refractivity contribution in [3.8, 4) is 0 Å². The third kappa shape index (κ3) is 8.40. The van der Waals surface area contributed by atoms with E-state index in [1.807, 2.05) is 0 Å². The van der Waals surface area contributed by atoms with Crippen LogP contribution >= 0.6 is 23.8 Å². The Kier molecular flexibility index (Phi) is 9.49. The van der Waals surface area contributed by atoms with Crippen LogP contribution in [0.3, 0.4) is 0 Å². The van der Waals surface area contributed by atoms with E-state index in [9.17, 15) is 0 Å². The van der Waals surface area contributed by atoms with Crippen LogP contribution in [0.15, 0.2) is 30.3 Å². The summed E-state index contributed by atoms with van der Waals surface area (Å²) in [6, 6.07) is 11.3. The summed E-state index contributed by atoms with van der Waals surface area (Å²) in [5, 5.41) is 1.63. The SMILES string of the molecule is CP(C)CCCP(CCCP(C)C)c1ccccc1. The Morgan fingerprint density at radius 3 is 1.58 bits per heavy atom. The van der Waals surface area contributed by atoms with Crippen LogP contribution in [-0.4, -0.2) is 51.3 Å². The van der Waals surface area contributed by atoms with Crippen molar-refractivity contribution >= 4 is 29.1 Å². The van der Waals surface area contributed by atoms with E-state index in [0.29, 0.717) is 15.8 Å². The van der Waals surface area contributed by atoms with E-state index in [-0.39, 0.29) is 7.92 Å². The number of rotatable bonds is 9. The lowest BCUT2D eigenvalue weighted by molar-refractivity contribution is 1.07. The van der Waals surface area contributed by atoms with Gasteiger partial charge in [0.1, 0.15) is 0 Å². The molecule has 1 rings (SSSR count). The van der Waals surface area contributed by atoms with E-state index < -0.39 is 0 Å². The minimum Gasteiger partial charge on any atom is -0.113 e. The molecule has 0 aromatic heterocycles. The van der Waals surface area contributed by atoms with Gasteiger partial charge in [0, 0.05) is 0 Å². The Morgan fingerprint density at radius 1 is 0.684 bits per heavy atom. The van der Waals surface area contributed by atoms with Gasteiger partial charge in [0.15, 0.2) is 0 Å². The Hall–Kier alpha value is 0.510. The standard InChI is InChI=1S/C16H29P3/c1-17(2)12-8-14-19(15-9-13-18(3)4)16-10-6-5-7-11-16/h5-7,10-11H,8-9,12-15H2,1-4H3. The van der Waals surface area contributed by atoms with Gasteiger partial charge in [-0.2, -0.15) is 0 Å². The molecule has 0 spiro atoms. The van der Waals surface area contributed by atoms with E-state index in [0.717, 1.165) is 0 Å². The first-order valence-electron chi connectivity index (χ1n) is 7.19. The average Bonchev–Trinajstić information content (AvgIpc) is 2.37. The molecule has 0 unspecified atom stereocenters. The summed E-state index contributed by atoms with van der Waals surface area (Å²) in [4.78, 5) is 0. The summed E-state index contributed by atoms with van der Waals surface area (Å²) in [6.07, 6.45) is 8.68. The van der Waals surface area contributed by atoms with Crippen molar-refractivity contribution in [2.75, 3.05) is 51.3 Å². The van der Waals surface area contributed by atoms with Crippen LogP contribution in [0.4, 0.5) is 0 Å². The lowest BCUT2D eigenvalue weighted by Gasteiger charge is -2.19. The molecule has 0 bridgehead atoms. The zero-order chi connectivity index (χ0) is 14.1. The fraction of sp³-hybridized carbons (Fsp3) is 0.625. The van der Waals surface area contributed by atoms with Gasteiger partial charge in [-0.1, -0.05) is 38.3 Å². The van der Waals surface area contributed by atoms with Crippen LogP contribution in [0.2, 0.25) is 0 Å². The molecule has 19 heavy (non-hydrogen) atoms. The van der Waals surface area contributed by atoms with E-state index in [1.54, 1.807) is 5.30 Å². The predicted octanol–water partition coefficient (Wildman–Crippen LogP) is 5.06. The Bertz CT molecular complexity index is 308. The summed E-state index contributed by atoms with van der Waals surface area (Å²) in [7, 11) is 0.684. The number of hydrogen-bond donors (Lipinski definition) is 0. The monoisotopic (exact) mass is 314 g/mol. The average molecular weight is 314 g/mol. The maximum absolute atomic E-state index is 2.40. The van der Waals surface area contributed by atoms with Crippen molar-refractivity contribution in [2.24, 2.45) is 0 Å². The van der Waals surface area contributed by atoms with Gasteiger partial charge in [-0.25, -0.2) is 0 Å². The Morgan fingerprint density at radius 2 is 1.16 bits per heavy atom. The van der Waals surface area contributed by atoms with E-state index in [1.165, 1.54) is 37.5 Å². The van der Waals surface area contributed by atoms with Crippen molar-refractivity contribution < 1.29 is 0 Å². The second-order valence-corrected chi connectivity index (χ2v) is 13.3. The highest BCUT2D eigenvalue weighted by atomic mass is 31.1. The smallest absolute Gasteiger partial charge is 0.0240 e. The summed E-state index contributed by atoms with van der Waals surface area (Å²) in [6.45, 7) is 9.62. The normalized spacial score (nSPS) is 11.7. The molecule has 1 aromatic rings. The highest BCUT2D eigenvalue weighted by molar-refractivity contribution is 7.65. The predicted molar refractivity (Wildman–Crippen MR) is 99.2 cm³/mol. The van der Waals surface area contributed by atoms with Gasteiger partial charge in [0.2, 0.25) is 0 Å². The lowest BCUT2D eigenvalue weighted by atomic mass is 10.4. The van der Waals surface area contributed by atoms with Gasteiger partial charge in [-0.05, 0) is 69.5 Å². The molecule has 0 aliphatic carbocycles. The lowest BCUT2D eigenvalue weighted by Crippen LogP contribution is -2.07. The van der Waals surface area contributed by atoms with Gasteiger partial charge in [-0.15, -0.1) is 15.8 Å². The summed E-state index contributed by atoms with van der Waals surface area (Å²) < 4.78 is 0. The molecule has 0 amide bonds. The van der Waals surface area contributed by atoms with Gasteiger partial charge in [-0.3, -0.25) is 0 Å². The molecule has 108 valence electrons. The first-order valence-corrected chi connectivity index (χ1v) is 13.7. The summed E-state index contributed by atoms with van der Waals surface area (Å²) >= 11 is 0. The van der Waals surface area contributed by atoms with Crippen LogP contribution in [0, 0.1) is 0 Å². The third-order valence-corrected chi connectivity index (χ3v) is 8.35. The Balaban J connectivity index is 2.48. The van der Waals surface area contributed by atoms with Crippen molar-refractivity contribution in [1.29, 1.82) is 0 Å². The van der Waals surface area contributed by atoms with Gasteiger partial charge < -0.3 is 0 Å². The fourth-order valence-electron chi connectivity index (χ4n) is 2.16. The first kappa shape index (κ1) is 17.6. The number of hydrogen-bond acceptors (Lipinski definition) is 0. The molecule has 0 saturated carbocycles. The van der Waals surface area contributed by atoms with Gasteiger partial charge >= 0.3 is 0 Å². The largest absolute Gasteiger partial charge is 0.113 e. The van der Waals surface area contributed by atoms with Crippen LogP contribution in [0.25, 0.3) is 0 Å². The Labute approximate surface area is 124 Å². The van der Waals surface area contributed by atoms with Crippen LogP contribution in [0.5, 0.6) is 0 Å². The third-order valence-electron chi connectivity index (χ3n) is 3.19. The topological polar surface area (TPSA) is 0 Å². The zero-order valence-electron chi connectivity index (χ0n) is 13.0. The van der Waals surface area contributed by atoms with Crippen LogP contribution < -0.4 is 5.30 Å².